The number of hydrogen-bond donors (Lipinski definition) is 0. The van der Waals surface area contributed by atoms with Crippen LogP contribution in [0.5, 0.6) is 5.75 Å². The van der Waals surface area contributed by atoms with Gasteiger partial charge in [-0.1, -0.05) is 36.1 Å². The molecule has 4 rings (SSSR count). The number of rotatable bonds is 7. The van der Waals surface area contributed by atoms with E-state index in [-0.39, 0.29) is 12.2 Å². The Kier molecular flexibility index (Phi) is 6.80. The molecule has 0 bridgehead atoms. The second kappa shape index (κ2) is 9.76. The molecule has 1 aliphatic rings. The van der Waals surface area contributed by atoms with Crippen LogP contribution in [-0.2, 0) is 9.53 Å². The molecule has 0 aliphatic carbocycles. The third-order valence-electron chi connectivity index (χ3n) is 4.95. The number of allylic oxidation sites excluding steroid dienone is 1. The van der Waals surface area contributed by atoms with Gasteiger partial charge in [0.2, 0.25) is 0 Å². The Morgan fingerprint density at radius 1 is 1.30 bits per heavy atom. The second-order valence-corrected chi connectivity index (χ2v) is 8.90. The quantitative estimate of drug-likeness (QED) is 0.344. The summed E-state index contributed by atoms with van der Waals surface area (Å²) < 4.78 is 19.0. The smallest absolute Gasteiger partial charge is 0.338 e. The minimum atomic E-state index is -0.681. The van der Waals surface area contributed by atoms with E-state index in [0.29, 0.717) is 43.4 Å². The molecule has 170 valence electrons. The first-order valence-corrected chi connectivity index (χ1v) is 11.8. The first-order valence-electron chi connectivity index (χ1n) is 10.2. The summed E-state index contributed by atoms with van der Waals surface area (Å²) >= 11 is 4.51. The zero-order valence-corrected chi connectivity index (χ0v) is 20.4. The number of carbonyl (C=O) groups is 1. The van der Waals surface area contributed by atoms with Crippen LogP contribution >= 0.6 is 27.3 Å². The number of benzene rings is 1. The molecule has 0 saturated carbocycles. The summed E-state index contributed by atoms with van der Waals surface area (Å²) in [5, 5.41) is 0. The van der Waals surface area contributed by atoms with Crippen LogP contribution in [0.2, 0.25) is 0 Å². The van der Waals surface area contributed by atoms with Gasteiger partial charge in [0.15, 0.2) is 9.47 Å². The van der Waals surface area contributed by atoms with E-state index in [1.165, 1.54) is 15.9 Å². The fraction of sp³-hybridized carbons (Fsp3) is 0.208. The summed E-state index contributed by atoms with van der Waals surface area (Å²) in [7, 11) is 0. The van der Waals surface area contributed by atoms with Crippen LogP contribution < -0.4 is 19.6 Å². The lowest BCUT2D eigenvalue weighted by Gasteiger charge is -2.24. The Morgan fingerprint density at radius 3 is 2.70 bits per heavy atom. The van der Waals surface area contributed by atoms with Gasteiger partial charge < -0.3 is 13.9 Å². The SMILES string of the molecule is C=CCOc1ccc([C@H]2C(C(=O)OCC)=C(C)N=c3s/c(=C\c4ccc(Br)o4)c(=O)n32)cc1. The van der Waals surface area contributed by atoms with Crippen LogP contribution in [0.15, 0.2) is 79.2 Å². The summed E-state index contributed by atoms with van der Waals surface area (Å²) in [5.74, 6) is 0.696. The lowest BCUT2D eigenvalue weighted by Crippen LogP contribution is -2.39. The van der Waals surface area contributed by atoms with Crippen LogP contribution in [-0.4, -0.2) is 23.8 Å². The van der Waals surface area contributed by atoms with Crippen molar-refractivity contribution in [3.63, 3.8) is 0 Å². The van der Waals surface area contributed by atoms with Crippen molar-refractivity contribution in [2.45, 2.75) is 19.9 Å². The fourth-order valence-electron chi connectivity index (χ4n) is 3.54. The molecule has 0 fully saturated rings. The number of carbonyl (C=O) groups excluding carboxylic acids is 1. The molecule has 0 saturated heterocycles. The number of furan rings is 1. The standard InChI is InChI=1S/C24H21BrN2O5S/c1-4-12-31-16-8-6-15(7-9-16)21-20(23(29)30-5-2)14(3)26-24-27(21)22(28)18(33-24)13-17-10-11-19(25)32-17/h4,6-11,13,21H,1,5,12H2,2-3H3/b18-13-/t21-/m0/s1. The molecule has 3 heterocycles. The second-order valence-electron chi connectivity index (χ2n) is 7.11. The van der Waals surface area contributed by atoms with Gasteiger partial charge in [-0.25, -0.2) is 9.79 Å². The lowest BCUT2D eigenvalue weighted by molar-refractivity contribution is -0.139. The Bertz CT molecular complexity index is 1410. The zero-order valence-electron chi connectivity index (χ0n) is 18.0. The van der Waals surface area contributed by atoms with Crippen molar-refractivity contribution in [3.05, 3.63) is 96.0 Å². The summed E-state index contributed by atoms with van der Waals surface area (Å²) in [6.45, 7) is 7.74. The van der Waals surface area contributed by atoms with Gasteiger partial charge in [-0.2, -0.15) is 0 Å². The largest absolute Gasteiger partial charge is 0.490 e. The predicted octanol–water partition coefficient (Wildman–Crippen LogP) is 3.72. The van der Waals surface area contributed by atoms with Gasteiger partial charge in [-0.3, -0.25) is 9.36 Å². The van der Waals surface area contributed by atoms with E-state index >= 15 is 0 Å². The molecule has 0 amide bonds. The Balaban J connectivity index is 1.88. The van der Waals surface area contributed by atoms with Gasteiger partial charge >= 0.3 is 5.97 Å². The van der Waals surface area contributed by atoms with Gasteiger partial charge in [0, 0.05) is 6.08 Å². The average Bonchev–Trinajstić information content (AvgIpc) is 3.34. The third-order valence-corrected chi connectivity index (χ3v) is 6.36. The van der Waals surface area contributed by atoms with Crippen molar-refractivity contribution >= 4 is 39.3 Å². The molecule has 1 aromatic carbocycles. The van der Waals surface area contributed by atoms with E-state index in [1.54, 1.807) is 50.3 Å². The van der Waals surface area contributed by atoms with E-state index in [9.17, 15) is 9.59 Å². The molecular weight excluding hydrogens is 508 g/mol. The van der Waals surface area contributed by atoms with Crippen LogP contribution in [0.4, 0.5) is 0 Å². The highest BCUT2D eigenvalue weighted by molar-refractivity contribution is 9.10. The topological polar surface area (TPSA) is 83.0 Å². The molecule has 2 aromatic heterocycles. The van der Waals surface area contributed by atoms with Gasteiger partial charge in [-0.15, -0.1) is 0 Å². The van der Waals surface area contributed by atoms with Gasteiger partial charge in [0.05, 0.1) is 28.5 Å². The fourth-order valence-corrected chi connectivity index (χ4v) is 4.89. The van der Waals surface area contributed by atoms with E-state index in [1.807, 2.05) is 12.1 Å². The summed E-state index contributed by atoms with van der Waals surface area (Å²) in [5.41, 5.74) is 1.32. The number of thiazole rings is 1. The molecule has 9 heteroatoms. The normalized spacial score (nSPS) is 15.7. The number of aromatic nitrogens is 1. The molecular formula is C24H21BrN2O5S. The number of esters is 1. The highest BCUT2D eigenvalue weighted by Crippen LogP contribution is 2.31. The van der Waals surface area contributed by atoms with Crippen LogP contribution in [0, 0.1) is 0 Å². The van der Waals surface area contributed by atoms with Crippen molar-refractivity contribution in [1.29, 1.82) is 0 Å². The number of halogens is 1. The Labute approximate surface area is 202 Å². The predicted molar refractivity (Wildman–Crippen MR) is 129 cm³/mol. The van der Waals surface area contributed by atoms with E-state index in [2.05, 4.69) is 27.5 Å². The molecule has 1 atom stereocenters. The highest BCUT2D eigenvalue weighted by atomic mass is 79.9. The average molecular weight is 529 g/mol. The molecule has 0 spiro atoms. The minimum Gasteiger partial charge on any atom is -0.490 e. The van der Waals surface area contributed by atoms with Gasteiger partial charge in [0.1, 0.15) is 18.1 Å². The molecule has 0 radical (unpaired) electrons. The van der Waals surface area contributed by atoms with E-state index in [4.69, 9.17) is 13.9 Å². The number of fused-ring (bicyclic) bond motifs is 1. The number of hydrogen-bond acceptors (Lipinski definition) is 7. The summed E-state index contributed by atoms with van der Waals surface area (Å²) in [4.78, 5) is 31.4. The zero-order chi connectivity index (χ0) is 23.5. The minimum absolute atomic E-state index is 0.217. The highest BCUT2D eigenvalue weighted by Gasteiger charge is 2.33. The van der Waals surface area contributed by atoms with E-state index in [0.717, 1.165) is 5.56 Å². The molecule has 7 nitrogen and oxygen atoms in total. The third kappa shape index (κ3) is 4.65. The van der Waals surface area contributed by atoms with Crippen molar-refractivity contribution in [1.82, 2.24) is 4.57 Å². The Morgan fingerprint density at radius 2 is 2.06 bits per heavy atom. The lowest BCUT2D eigenvalue weighted by atomic mass is 9.96. The maximum atomic E-state index is 13.5. The van der Waals surface area contributed by atoms with Crippen molar-refractivity contribution < 1.29 is 18.7 Å². The maximum absolute atomic E-state index is 13.5. The Hall–Kier alpha value is -3.17. The number of nitrogens with zero attached hydrogens (tertiary/aromatic N) is 2. The first kappa shape index (κ1) is 23.0. The molecule has 3 aromatic rings. The van der Waals surface area contributed by atoms with E-state index < -0.39 is 12.0 Å². The molecule has 0 unspecified atom stereocenters. The van der Waals surface area contributed by atoms with Crippen molar-refractivity contribution in [2.75, 3.05) is 13.2 Å². The molecule has 1 aliphatic heterocycles. The van der Waals surface area contributed by atoms with Crippen molar-refractivity contribution in [3.8, 4) is 5.75 Å². The van der Waals surface area contributed by atoms with Crippen LogP contribution in [0.25, 0.3) is 6.08 Å². The van der Waals surface area contributed by atoms with Crippen LogP contribution in [0.3, 0.4) is 0 Å². The van der Waals surface area contributed by atoms with Gasteiger partial charge in [-0.05, 0) is 59.6 Å². The molecule has 33 heavy (non-hydrogen) atoms. The maximum Gasteiger partial charge on any atom is 0.338 e. The summed E-state index contributed by atoms with van der Waals surface area (Å²) in [6.07, 6.45) is 3.33. The summed E-state index contributed by atoms with van der Waals surface area (Å²) in [6, 6.07) is 10.1. The monoisotopic (exact) mass is 528 g/mol. The first-order chi connectivity index (χ1) is 15.9. The molecule has 0 N–H and O–H groups in total. The van der Waals surface area contributed by atoms with Crippen LogP contribution in [0.1, 0.15) is 31.2 Å². The van der Waals surface area contributed by atoms with Crippen molar-refractivity contribution in [2.24, 2.45) is 4.99 Å². The number of ether oxygens (including phenoxy) is 2. The van der Waals surface area contributed by atoms with Gasteiger partial charge in [0.25, 0.3) is 5.56 Å².